The van der Waals surface area contributed by atoms with E-state index in [0.717, 1.165) is 38.5 Å². The fraction of sp³-hybridized carbons (Fsp3) is 0.833. The summed E-state index contributed by atoms with van der Waals surface area (Å²) in [6.45, 7) is 3.40. The zero-order valence-electron chi connectivity index (χ0n) is 20.3. The molecule has 0 saturated carbocycles. The standard InChI is InChI=1S/C24H44N2O6S/c1-2-3-4-5-6-7-8-9-10-11-12-13-14-15-23(29)24-25(18-19-27)16-17-26(24)20-22(28)21-33(30,31)32/h8-9,22,27-28H,2-7,10-21H2,1H3/p+1/b9-8+. The van der Waals surface area contributed by atoms with Gasteiger partial charge in [0.25, 0.3) is 10.1 Å². The van der Waals surface area contributed by atoms with Gasteiger partial charge in [-0.15, -0.1) is 0 Å². The highest BCUT2D eigenvalue weighted by Gasteiger charge is 2.36. The van der Waals surface area contributed by atoms with Crippen LogP contribution in [-0.2, 0) is 14.9 Å². The first-order valence-corrected chi connectivity index (χ1v) is 14.2. The Morgan fingerprint density at radius 3 is 2.24 bits per heavy atom. The maximum Gasteiger partial charge on any atom is 0.316 e. The number of hydrogen-bond acceptors (Lipinski definition) is 6. The Kier molecular flexibility index (Phi) is 15.5. The lowest BCUT2D eigenvalue weighted by Crippen LogP contribution is -2.40. The van der Waals surface area contributed by atoms with Gasteiger partial charge in [-0.3, -0.25) is 18.8 Å². The van der Waals surface area contributed by atoms with Crippen LogP contribution >= 0.6 is 0 Å². The fourth-order valence-electron chi connectivity index (χ4n) is 4.19. The maximum atomic E-state index is 12.8. The van der Waals surface area contributed by atoms with Gasteiger partial charge < -0.3 is 10.2 Å². The Bertz CT molecular complexity index is 720. The van der Waals surface area contributed by atoms with Crippen molar-refractivity contribution in [2.24, 2.45) is 0 Å². The smallest absolute Gasteiger partial charge is 0.316 e. The first-order valence-electron chi connectivity index (χ1n) is 12.6. The molecule has 1 aliphatic rings. The summed E-state index contributed by atoms with van der Waals surface area (Å²) in [5.41, 5.74) is 0. The molecule has 1 rings (SSSR count). The molecule has 192 valence electrons. The van der Waals surface area contributed by atoms with Crippen LogP contribution in [0.15, 0.2) is 12.2 Å². The van der Waals surface area contributed by atoms with Crippen molar-refractivity contribution < 1.29 is 32.6 Å². The Labute approximate surface area is 200 Å². The molecule has 0 spiro atoms. The van der Waals surface area contributed by atoms with E-state index < -0.39 is 22.0 Å². The van der Waals surface area contributed by atoms with E-state index in [1.807, 2.05) is 0 Å². The van der Waals surface area contributed by atoms with E-state index in [9.17, 15) is 23.4 Å². The number of nitrogens with zero attached hydrogens (tertiary/aromatic N) is 2. The molecule has 0 aliphatic carbocycles. The molecule has 1 atom stereocenters. The van der Waals surface area contributed by atoms with Gasteiger partial charge >= 0.3 is 5.84 Å². The third-order valence-corrected chi connectivity index (χ3v) is 6.66. The number of carbonyl (C=O) groups excluding carboxylic acids is 1. The minimum Gasteiger partial charge on any atom is -0.392 e. The van der Waals surface area contributed by atoms with Crippen LogP contribution in [0, 0.1) is 0 Å². The molecule has 0 saturated heterocycles. The normalized spacial score (nSPS) is 15.7. The van der Waals surface area contributed by atoms with Crippen LogP contribution in [0.25, 0.3) is 0 Å². The van der Waals surface area contributed by atoms with E-state index in [-0.39, 0.29) is 18.9 Å². The maximum absolute atomic E-state index is 12.8. The SMILES string of the molecule is CCCCCCC/C=C/CCCCCCC(=O)C1=[N+](CC(O)CS(=O)(=O)O)CCN1CCO. The van der Waals surface area contributed by atoms with Crippen molar-refractivity contribution in [2.45, 2.75) is 90.1 Å². The van der Waals surface area contributed by atoms with Crippen molar-refractivity contribution in [3.63, 3.8) is 0 Å². The Morgan fingerprint density at radius 1 is 1.06 bits per heavy atom. The van der Waals surface area contributed by atoms with Gasteiger partial charge in [-0.1, -0.05) is 57.6 Å². The van der Waals surface area contributed by atoms with E-state index in [1.165, 1.54) is 32.1 Å². The number of allylic oxidation sites excluding steroid dienone is 2. The van der Waals surface area contributed by atoms with Crippen molar-refractivity contribution in [1.82, 2.24) is 4.90 Å². The van der Waals surface area contributed by atoms with E-state index >= 15 is 0 Å². The van der Waals surface area contributed by atoms with Crippen molar-refractivity contribution >= 4 is 21.7 Å². The molecule has 0 bridgehead atoms. The first kappa shape index (κ1) is 29.7. The molecule has 0 aromatic rings. The Hall–Kier alpha value is -1.29. The summed E-state index contributed by atoms with van der Waals surface area (Å²) in [5.74, 6) is -0.388. The summed E-state index contributed by atoms with van der Waals surface area (Å²) >= 11 is 0. The first-order chi connectivity index (χ1) is 15.8. The second-order valence-electron chi connectivity index (χ2n) is 8.93. The molecular formula is C24H45N2O6S+. The van der Waals surface area contributed by atoms with Crippen LogP contribution in [0.2, 0.25) is 0 Å². The number of aliphatic hydroxyl groups excluding tert-OH is 2. The highest BCUT2D eigenvalue weighted by Crippen LogP contribution is 2.12. The Morgan fingerprint density at radius 2 is 1.67 bits per heavy atom. The molecule has 0 fully saturated rings. The third kappa shape index (κ3) is 13.9. The van der Waals surface area contributed by atoms with Gasteiger partial charge in [-0.05, 0) is 32.1 Å². The van der Waals surface area contributed by atoms with Crippen LogP contribution in [0.4, 0.5) is 0 Å². The zero-order valence-corrected chi connectivity index (χ0v) is 21.1. The summed E-state index contributed by atoms with van der Waals surface area (Å²) < 4.78 is 32.6. The second-order valence-corrected chi connectivity index (χ2v) is 10.4. The number of ketones is 1. The topological polar surface area (TPSA) is 118 Å². The molecule has 1 heterocycles. The van der Waals surface area contributed by atoms with Crippen molar-refractivity contribution in [3.8, 4) is 0 Å². The lowest BCUT2D eigenvalue weighted by Gasteiger charge is -2.13. The molecule has 0 aromatic carbocycles. The number of Topliss-reactive ketones (excluding diaryl/α,β-unsaturated/α-hetero) is 1. The molecule has 0 aromatic heterocycles. The lowest BCUT2D eigenvalue weighted by molar-refractivity contribution is -0.525. The number of rotatable bonds is 20. The molecule has 9 heteroatoms. The third-order valence-electron chi connectivity index (χ3n) is 5.86. The van der Waals surface area contributed by atoms with E-state index in [4.69, 9.17) is 4.55 Å². The number of unbranched alkanes of at least 4 members (excludes halogenated alkanes) is 9. The molecule has 8 nitrogen and oxygen atoms in total. The van der Waals surface area contributed by atoms with Gasteiger partial charge in [0, 0.05) is 6.42 Å². The molecule has 1 unspecified atom stereocenters. The minimum atomic E-state index is -4.29. The number of β-amino-alcohol motifs (C(OH)–C–C–N with tert-alkyl or cyclic N) is 2. The zero-order chi connectivity index (χ0) is 24.5. The lowest BCUT2D eigenvalue weighted by atomic mass is 10.1. The number of aliphatic hydroxyl groups is 2. The molecule has 0 amide bonds. The van der Waals surface area contributed by atoms with E-state index in [0.29, 0.717) is 31.9 Å². The summed E-state index contributed by atoms with van der Waals surface area (Å²) in [6, 6.07) is 0. The predicted octanol–water partition coefficient (Wildman–Crippen LogP) is 2.78. The van der Waals surface area contributed by atoms with Gasteiger partial charge in [-0.2, -0.15) is 8.42 Å². The van der Waals surface area contributed by atoms with Crippen LogP contribution in [0.3, 0.4) is 0 Å². The predicted molar refractivity (Wildman–Crippen MR) is 131 cm³/mol. The highest BCUT2D eigenvalue weighted by molar-refractivity contribution is 7.85. The van der Waals surface area contributed by atoms with Crippen molar-refractivity contribution in [2.75, 3.05) is 38.5 Å². The number of carbonyl (C=O) groups is 1. The van der Waals surface area contributed by atoms with Crippen molar-refractivity contribution in [1.29, 1.82) is 0 Å². The molecular weight excluding hydrogens is 444 g/mol. The monoisotopic (exact) mass is 489 g/mol. The average molecular weight is 490 g/mol. The minimum absolute atomic E-state index is 0.0479. The Balaban J connectivity index is 2.36. The molecule has 0 radical (unpaired) electrons. The van der Waals surface area contributed by atoms with Crippen LogP contribution in [0.1, 0.15) is 84.0 Å². The van der Waals surface area contributed by atoms with Gasteiger partial charge in [0.15, 0.2) is 0 Å². The summed E-state index contributed by atoms with van der Waals surface area (Å²) in [6.07, 6.45) is 16.3. The van der Waals surface area contributed by atoms with Crippen molar-refractivity contribution in [3.05, 3.63) is 12.2 Å². The van der Waals surface area contributed by atoms with Gasteiger partial charge in [-0.25, -0.2) is 0 Å². The second kappa shape index (κ2) is 17.2. The summed E-state index contributed by atoms with van der Waals surface area (Å²) in [4.78, 5) is 14.6. The average Bonchev–Trinajstić information content (AvgIpc) is 3.12. The summed E-state index contributed by atoms with van der Waals surface area (Å²) in [7, 11) is -4.29. The van der Waals surface area contributed by atoms with Gasteiger partial charge in [0.05, 0.1) is 6.61 Å². The summed E-state index contributed by atoms with van der Waals surface area (Å²) in [5, 5.41) is 19.3. The molecule has 3 N–H and O–H groups in total. The quantitative estimate of drug-likeness (QED) is 0.104. The largest absolute Gasteiger partial charge is 0.392 e. The van der Waals surface area contributed by atoms with Crippen LogP contribution in [-0.4, -0.2) is 88.9 Å². The highest BCUT2D eigenvalue weighted by atomic mass is 32.2. The van der Waals surface area contributed by atoms with Gasteiger partial charge in [0.1, 0.15) is 38.0 Å². The molecule has 33 heavy (non-hydrogen) atoms. The number of hydrogen-bond donors (Lipinski definition) is 3. The fourth-order valence-corrected chi connectivity index (χ4v) is 4.78. The molecule has 1 aliphatic heterocycles. The van der Waals surface area contributed by atoms with E-state index in [2.05, 4.69) is 19.1 Å². The van der Waals surface area contributed by atoms with Gasteiger partial charge in [0.2, 0.25) is 5.78 Å². The van der Waals surface area contributed by atoms with Crippen LogP contribution in [0.5, 0.6) is 0 Å². The number of amidine groups is 1. The van der Waals surface area contributed by atoms with E-state index in [1.54, 1.807) is 9.48 Å². The van der Waals surface area contributed by atoms with Crippen LogP contribution < -0.4 is 0 Å².